The maximum atomic E-state index is 5.14. The van der Waals surface area contributed by atoms with Crippen LogP contribution in [0.3, 0.4) is 0 Å². The molecule has 2 aromatic rings. The molecular formula is C9H10N6. The summed E-state index contributed by atoms with van der Waals surface area (Å²) in [4.78, 5) is 0. The first kappa shape index (κ1) is 9.40. The van der Waals surface area contributed by atoms with Crippen molar-refractivity contribution in [3.8, 4) is 12.3 Å². The number of terminal acetylenes is 1. The molecule has 2 rings (SSSR count). The number of anilines is 1. The number of rotatable bonds is 4. The molecule has 15 heavy (non-hydrogen) atoms. The van der Waals surface area contributed by atoms with Crippen LogP contribution >= 0.6 is 0 Å². The lowest BCUT2D eigenvalue weighted by atomic mass is 10.3. The Labute approximate surface area is 86.7 Å². The largest absolute Gasteiger partial charge is 0.369 e. The van der Waals surface area contributed by atoms with Crippen molar-refractivity contribution in [1.29, 1.82) is 0 Å². The molecule has 0 radical (unpaired) electrons. The summed E-state index contributed by atoms with van der Waals surface area (Å²) >= 11 is 0. The summed E-state index contributed by atoms with van der Waals surface area (Å²) in [5.74, 6) is 3.32. The molecule has 0 saturated heterocycles. The van der Waals surface area contributed by atoms with Gasteiger partial charge in [0.05, 0.1) is 0 Å². The van der Waals surface area contributed by atoms with E-state index >= 15 is 0 Å². The molecule has 0 aliphatic carbocycles. The standard InChI is InChI=1S/C9H10N6/c1-2-3-4-7-10-8-5-6-9-11-13-14-15(9)12-8/h1,5-6H,3-4,7H2,(H,10,12). The summed E-state index contributed by atoms with van der Waals surface area (Å²) < 4.78 is 1.38. The molecule has 0 saturated carbocycles. The van der Waals surface area contributed by atoms with Crippen LogP contribution in [-0.2, 0) is 0 Å². The molecule has 0 bridgehead atoms. The van der Waals surface area contributed by atoms with E-state index in [0.29, 0.717) is 5.65 Å². The van der Waals surface area contributed by atoms with Gasteiger partial charge in [-0.3, -0.25) is 0 Å². The van der Waals surface area contributed by atoms with Gasteiger partial charge in [-0.15, -0.1) is 27.2 Å². The van der Waals surface area contributed by atoms with E-state index in [9.17, 15) is 0 Å². The fourth-order valence-electron chi connectivity index (χ4n) is 1.15. The molecule has 0 atom stereocenters. The van der Waals surface area contributed by atoms with E-state index in [2.05, 4.69) is 31.9 Å². The number of fused-ring (bicyclic) bond motifs is 1. The Hall–Kier alpha value is -2.16. The lowest BCUT2D eigenvalue weighted by Crippen LogP contribution is -2.05. The van der Waals surface area contributed by atoms with Gasteiger partial charge in [0, 0.05) is 13.0 Å². The zero-order valence-corrected chi connectivity index (χ0v) is 8.09. The number of nitrogens with one attached hydrogen (secondary N) is 1. The summed E-state index contributed by atoms with van der Waals surface area (Å²) in [6, 6.07) is 3.64. The molecule has 0 amide bonds. The van der Waals surface area contributed by atoms with E-state index in [1.807, 2.05) is 6.07 Å². The highest BCUT2D eigenvalue weighted by molar-refractivity contribution is 5.41. The van der Waals surface area contributed by atoms with Gasteiger partial charge in [0.1, 0.15) is 5.82 Å². The van der Waals surface area contributed by atoms with Gasteiger partial charge >= 0.3 is 0 Å². The van der Waals surface area contributed by atoms with Gasteiger partial charge in [-0.2, -0.15) is 0 Å². The third-order valence-corrected chi connectivity index (χ3v) is 1.87. The van der Waals surface area contributed by atoms with Crippen molar-refractivity contribution < 1.29 is 0 Å². The van der Waals surface area contributed by atoms with Gasteiger partial charge in [-0.25, -0.2) is 0 Å². The average molecular weight is 202 g/mol. The Bertz CT molecular complexity index is 483. The van der Waals surface area contributed by atoms with E-state index in [1.165, 1.54) is 4.63 Å². The molecule has 0 aliphatic rings. The molecule has 0 aliphatic heterocycles. The third kappa shape index (κ3) is 2.20. The van der Waals surface area contributed by atoms with E-state index < -0.39 is 0 Å². The maximum Gasteiger partial charge on any atom is 0.200 e. The van der Waals surface area contributed by atoms with Crippen LogP contribution in [0, 0.1) is 12.3 Å². The molecule has 0 unspecified atom stereocenters. The summed E-state index contributed by atoms with van der Waals surface area (Å²) in [7, 11) is 0. The number of unbranched alkanes of at least 4 members (excludes halogenated alkanes) is 1. The van der Waals surface area contributed by atoms with E-state index in [0.717, 1.165) is 25.2 Å². The second kappa shape index (κ2) is 4.37. The van der Waals surface area contributed by atoms with Crippen LogP contribution in [0.15, 0.2) is 12.1 Å². The van der Waals surface area contributed by atoms with Crippen molar-refractivity contribution in [3.05, 3.63) is 12.1 Å². The number of tetrazole rings is 1. The molecule has 76 valence electrons. The SMILES string of the molecule is C#CCCCNc1ccc2nnnn2n1. The van der Waals surface area contributed by atoms with Gasteiger partial charge in [0.2, 0.25) is 0 Å². The molecular weight excluding hydrogens is 192 g/mol. The Morgan fingerprint density at radius 2 is 2.40 bits per heavy atom. The monoisotopic (exact) mass is 202 g/mol. The molecule has 6 nitrogen and oxygen atoms in total. The number of aromatic nitrogens is 5. The molecule has 0 aromatic carbocycles. The predicted octanol–water partition coefficient (Wildman–Crippen LogP) is 0.345. The topological polar surface area (TPSA) is 68.0 Å². The Kier molecular flexibility index (Phi) is 2.74. The molecule has 1 N–H and O–H groups in total. The van der Waals surface area contributed by atoms with Gasteiger partial charge < -0.3 is 5.32 Å². The van der Waals surface area contributed by atoms with Crippen LogP contribution in [0.5, 0.6) is 0 Å². The van der Waals surface area contributed by atoms with E-state index in [4.69, 9.17) is 6.42 Å². The summed E-state index contributed by atoms with van der Waals surface area (Å²) in [5, 5.41) is 18.2. The summed E-state index contributed by atoms with van der Waals surface area (Å²) in [6.45, 7) is 0.796. The molecule has 2 aromatic heterocycles. The van der Waals surface area contributed by atoms with Crippen LogP contribution in [0.4, 0.5) is 5.82 Å². The van der Waals surface area contributed by atoms with Crippen LogP contribution < -0.4 is 5.32 Å². The minimum Gasteiger partial charge on any atom is -0.369 e. The van der Waals surface area contributed by atoms with Crippen molar-refractivity contribution >= 4 is 11.5 Å². The smallest absolute Gasteiger partial charge is 0.200 e. The highest BCUT2D eigenvalue weighted by atomic mass is 15.6. The lowest BCUT2D eigenvalue weighted by Gasteiger charge is -2.02. The van der Waals surface area contributed by atoms with Gasteiger partial charge in [0.25, 0.3) is 0 Å². The molecule has 6 heteroatoms. The summed E-state index contributed by atoms with van der Waals surface area (Å²) in [5.41, 5.74) is 0.629. The number of hydrogen-bond donors (Lipinski definition) is 1. The fourth-order valence-corrected chi connectivity index (χ4v) is 1.15. The summed E-state index contributed by atoms with van der Waals surface area (Å²) in [6.07, 6.45) is 6.83. The van der Waals surface area contributed by atoms with Crippen molar-refractivity contribution in [2.24, 2.45) is 0 Å². The first-order valence-corrected chi connectivity index (χ1v) is 4.63. The van der Waals surface area contributed by atoms with Gasteiger partial charge in [-0.05, 0) is 29.0 Å². The Morgan fingerprint density at radius 1 is 1.47 bits per heavy atom. The van der Waals surface area contributed by atoms with E-state index in [1.54, 1.807) is 6.07 Å². The Balaban J connectivity index is 1.99. The van der Waals surface area contributed by atoms with Crippen molar-refractivity contribution in [2.75, 3.05) is 11.9 Å². The maximum absolute atomic E-state index is 5.14. The Morgan fingerprint density at radius 3 is 3.27 bits per heavy atom. The molecule has 0 fully saturated rings. The van der Waals surface area contributed by atoms with Gasteiger partial charge in [0.15, 0.2) is 5.65 Å². The second-order valence-corrected chi connectivity index (χ2v) is 2.98. The second-order valence-electron chi connectivity index (χ2n) is 2.98. The highest BCUT2D eigenvalue weighted by Gasteiger charge is 1.98. The first-order chi connectivity index (χ1) is 7.40. The average Bonchev–Trinajstić information content (AvgIpc) is 2.71. The minimum absolute atomic E-state index is 0.629. The van der Waals surface area contributed by atoms with Crippen molar-refractivity contribution in [2.45, 2.75) is 12.8 Å². The zero-order valence-electron chi connectivity index (χ0n) is 8.09. The van der Waals surface area contributed by atoms with Crippen molar-refractivity contribution in [1.82, 2.24) is 25.3 Å². The van der Waals surface area contributed by atoms with Crippen molar-refractivity contribution in [3.63, 3.8) is 0 Å². The zero-order chi connectivity index (χ0) is 10.5. The predicted molar refractivity (Wildman–Crippen MR) is 55.1 cm³/mol. The van der Waals surface area contributed by atoms with Crippen LogP contribution in [0.2, 0.25) is 0 Å². The van der Waals surface area contributed by atoms with Crippen LogP contribution in [-0.4, -0.2) is 31.8 Å². The van der Waals surface area contributed by atoms with E-state index in [-0.39, 0.29) is 0 Å². The third-order valence-electron chi connectivity index (χ3n) is 1.87. The number of hydrogen-bond acceptors (Lipinski definition) is 5. The first-order valence-electron chi connectivity index (χ1n) is 4.63. The van der Waals surface area contributed by atoms with Crippen LogP contribution in [0.25, 0.3) is 5.65 Å². The molecule has 2 heterocycles. The fraction of sp³-hybridized carbons (Fsp3) is 0.333. The normalized spacial score (nSPS) is 10.1. The quantitative estimate of drug-likeness (QED) is 0.572. The lowest BCUT2D eigenvalue weighted by molar-refractivity contribution is 0.732. The van der Waals surface area contributed by atoms with Gasteiger partial charge in [-0.1, -0.05) is 0 Å². The number of nitrogens with zero attached hydrogens (tertiary/aromatic N) is 5. The minimum atomic E-state index is 0.629. The van der Waals surface area contributed by atoms with Crippen LogP contribution in [0.1, 0.15) is 12.8 Å². The molecule has 0 spiro atoms. The highest BCUT2D eigenvalue weighted by Crippen LogP contribution is 2.03.